The lowest BCUT2D eigenvalue weighted by Crippen LogP contribution is -2.15. The van der Waals surface area contributed by atoms with Crippen LogP contribution in [0.4, 0.5) is 5.95 Å². The number of hydrogen-bond donors (Lipinski definition) is 2. The van der Waals surface area contributed by atoms with Gasteiger partial charge in [-0.25, -0.2) is 9.67 Å². The number of rotatable bonds is 4. The second kappa shape index (κ2) is 6.49. The molecule has 1 saturated carbocycles. The van der Waals surface area contributed by atoms with E-state index in [1.165, 1.54) is 0 Å². The van der Waals surface area contributed by atoms with Gasteiger partial charge in [-0.15, -0.1) is 0 Å². The average Bonchev–Trinajstić information content (AvgIpc) is 3.29. The lowest BCUT2D eigenvalue weighted by Gasteiger charge is -2.10. The number of carbonyl (C=O) groups is 1. The van der Waals surface area contributed by atoms with Gasteiger partial charge in [0.15, 0.2) is 0 Å². The first-order chi connectivity index (χ1) is 13.6. The summed E-state index contributed by atoms with van der Waals surface area (Å²) in [6.45, 7) is 1.96. The minimum atomic E-state index is -0.217. The number of benzene rings is 2. The van der Waals surface area contributed by atoms with Crippen molar-refractivity contribution in [2.45, 2.75) is 25.7 Å². The Bertz CT molecular complexity index is 1170. The van der Waals surface area contributed by atoms with Crippen LogP contribution in [0.25, 0.3) is 16.7 Å². The fourth-order valence-electron chi connectivity index (χ4n) is 3.39. The number of aryl methyl sites for hydroxylation is 1. The molecule has 0 radical (unpaired) electrons. The van der Waals surface area contributed by atoms with Gasteiger partial charge in [-0.1, -0.05) is 29.8 Å². The van der Waals surface area contributed by atoms with E-state index in [9.17, 15) is 4.79 Å². The molecule has 0 saturated heterocycles. The van der Waals surface area contributed by atoms with E-state index in [0.717, 1.165) is 40.8 Å². The van der Waals surface area contributed by atoms with E-state index in [1.54, 1.807) is 6.20 Å². The van der Waals surface area contributed by atoms with Crippen LogP contribution >= 0.6 is 11.6 Å². The zero-order valence-corrected chi connectivity index (χ0v) is 16.0. The van der Waals surface area contributed by atoms with Crippen molar-refractivity contribution in [3.8, 4) is 5.69 Å². The topological polar surface area (TPSA) is 75.6 Å². The number of amides is 1. The molecule has 140 valence electrons. The normalized spacial score (nSPS) is 13.8. The first-order valence-electron chi connectivity index (χ1n) is 9.20. The molecule has 0 bridgehead atoms. The number of aromatic nitrogens is 4. The van der Waals surface area contributed by atoms with Crippen LogP contribution in [0.5, 0.6) is 0 Å². The van der Waals surface area contributed by atoms with Gasteiger partial charge in [-0.3, -0.25) is 10.1 Å². The Balaban J connectivity index is 1.50. The predicted octanol–water partition coefficient (Wildman–Crippen LogP) is 4.84. The number of carbonyl (C=O) groups excluding carboxylic acids is 1. The zero-order valence-electron chi connectivity index (χ0n) is 15.2. The molecule has 0 unspecified atom stereocenters. The summed E-state index contributed by atoms with van der Waals surface area (Å²) in [5, 5.41) is 8.04. The van der Waals surface area contributed by atoms with E-state index in [1.807, 2.05) is 54.1 Å². The summed E-state index contributed by atoms with van der Waals surface area (Å²) in [4.78, 5) is 20.5. The van der Waals surface area contributed by atoms with Crippen molar-refractivity contribution in [1.29, 1.82) is 0 Å². The average molecular weight is 392 g/mol. The summed E-state index contributed by atoms with van der Waals surface area (Å²) in [5.74, 6) is 0.545. The van der Waals surface area contributed by atoms with Crippen molar-refractivity contribution >= 4 is 34.5 Å². The number of fused-ring (bicyclic) bond motifs is 1. The van der Waals surface area contributed by atoms with E-state index < -0.39 is 0 Å². The Morgan fingerprint density at radius 3 is 2.82 bits per heavy atom. The zero-order chi connectivity index (χ0) is 19.3. The van der Waals surface area contributed by atoms with Crippen LogP contribution in [-0.4, -0.2) is 25.7 Å². The smallest absolute Gasteiger partial charge is 0.261 e. The maximum absolute atomic E-state index is 13.0. The summed E-state index contributed by atoms with van der Waals surface area (Å²) >= 11 is 6.29. The lowest BCUT2D eigenvalue weighted by atomic mass is 10.1. The highest BCUT2D eigenvalue weighted by atomic mass is 35.5. The first-order valence-corrected chi connectivity index (χ1v) is 9.58. The highest BCUT2D eigenvalue weighted by Gasteiger charge is 2.33. The molecule has 0 spiro atoms. The molecule has 1 aliphatic rings. The van der Waals surface area contributed by atoms with E-state index in [2.05, 4.69) is 20.4 Å². The quantitative estimate of drug-likeness (QED) is 0.522. The number of nitrogens with one attached hydrogen (secondary N) is 2. The van der Waals surface area contributed by atoms with E-state index in [4.69, 9.17) is 11.6 Å². The molecular formula is C21H18ClN5O. The summed E-state index contributed by atoms with van der Waals surface area (Å²) in [7, 11) is 0. The molecule has 2 N–H and O–H groups in total. The number of hydrogen-bond acceptors (Lipinski definition) is 3. The van der Waals surface area contributed by atoms with Gasteiger partial charge in [-0.2, -0.15) is 5.10 Å². The molecule has 1 fully saturated rings. The molecular weight excluding hydrogens is 374 g/mol. The van der Waals surface area contributed by atoms with Crippen LogP contribution in [0.2, 0.25) is 5.02 Å². The molecule has 5 rings (SSSR count). The van der Waals surface area contributed by atoms with Crippen LogP contribution < -0.4 is 5.32 Å². The Hall–Kier alpha value is -3.12. The molecule has 6 nitrogen and oxygen atoms in total. The maximum Gasteiger partial charge on any atom is 0.261 e. The Morgan fingerprint density at radius 2 is 2.07 bits per heavy atom. The van der Waals surface area contributed by atoms with Crippen LogP contribution in [0, 0.1) is 6.92 Å². The minimum Gasteiger partial charge on any atom is -0.324 e. The van der Waals surface area contributed by atoms with Gasteiger partial charge in [0, 0.05) is 10.9 Å². The standard InChI is InChI=1S/C21H18ClN5O/c1-12-6-9-14(10-16(12)22)27-19(13-7-8-13)15(11-23-27)20(28)26-21-24-17-4-2-3-5-18(17)25-21/h2-6,9-11,13H,7-8H2,1H3,(H2,24,25,26,28). The number of halogens is 1. The molecule has 1 aliphatic carbocycles. The Morgan fingerprint density at radius 1 is 1.25 bits per heavy atom. The number of anilines is 1. The molecule has 2 aromatic carbocycles. The van der Waals surface area contributed by atoms with Crippen LogP contribution in [0.1, 0.15) is 40.4 Å². The number of imidazole rings is 1. The minimum absolute atomic E-state index is 0.217. The van der Waals surface area contributed by atoms with Crippen molar-refractivity contribution in [3.05, 3.63) is 70.5 Å². The Kier molecular flexibility index (Phi) is 3.94. The number of aromatic amines is 1. The van der Waals surface area contributed by atoms with Crippen molar-refractivity contribution < 1.29 is 4.79 Å². The third-order valence-corrected chi connectivity index (χ3v) is 5.44. The van der Waals surface area contributed by atoms with Crippen molar-refractivity contribution in [3.63, 3.8) is 0 Å². The molecule has 0 atom stereocenters. The van der Waals surface area contributed by atoms with E-state index in [-0.39, 0.29) is 5.91 Å². The molecule has 1 amide bonds. The molecule has 4 aromatic rings. The van der Waals surface area contributed by atoms with Crippen molar-refractivity contribution in [2.75, 3.05) is 5.32 Å². The predicted molar refractivity (Wildman–Crippen MR) is 109 cm³/mol. The van der Waals surface area contributed by atoms with Crippen LogP contribution in [0.15, 0.2) is 48.7 Å². The third kappa shape index (κ3) is 2.96. The van der Waals surface area contributed by atoms with Crippen LogP contribution in [-0.2, 0) is 0 Å². The molecule has 0 aliphatic heterocycles. The fraction of sp³-hybridized carbons (Fsp3) is 0.190. The van der Waals surface area contributed by atoms with Gasteiger partial charge in [0.05, 0.1) is 34.2 Å². The second-order valence-corrected chi connectivity index (χ2v) is 7.53. The molecule has 2 aromatic heterocycles. The second-order valence-electron chi connectivity index (χ2n) is 7.12. The van der Waals surface area contributed by atoms with Gasteiger partial charge in [0.25, 0.3) is 5.91 Å². The van der Waals surface area contributed by atoms with Gasteiger partial charge in [-0.05, 0) is 49.6 Å². The number of para-hydroxylation sites is 2. The van der Waals surface area contributed by atoms with E-state index >= 15 is 0 Å². The third-order valence-electron chi connectivity index (χ3n) is 5.04. The highest BCUT2D eigenvalue weighted by Crippen LogP contribution is 2.42. The number of H-pyrrole nitrogens is 1. The van der Waals surface area contributed by atoms with Gasteiger partial charge in [0.2, 0.25) is 5.95 Å². The van der Waals surface area contributed by atoms with Gasteiger partial charge < -0.3 is 4.98 Å². The SMILES string of the molecule is Cc1ccc(-n2ncc(C(=O)Nc3nc4ccccc4[nH]3)c2C2CC2)cc1Cl. The fourth-order valence-corrected chi connectivity index (χ4v) is 3.56. The summed E-state index contributed by atoms with van der Waals surface area (Å²) < 4.78 is 1.83. The monoisotopic (exact) mass is 391 g/mol. The van der Waals surface area contributed by atoms with Gasteiger partial charge in [0.1, 0.15) is 0 Å². The van der Waals surface area contributed by atoms with Crippen molar-refractivity contribution in [1.82, 2.24) is 19.7 Å². The lowest BCUT2D eigenvalue weighted by molar-refractivity contribution is 0.102. The molecule has 7 heteroatoms. The molecule has 28 heavy (non-hydrogen) atoms. The molecule has 2 heterocycles. The Labute approximate surface area is 166 Å². The van der Waals surface area contributed by atoms with Gasteiger partial charge >= 0.3 is 0 Å². The first kappa shape index (κ1) is 17.0. The summed E-state index contributed by atoms with van der Waals surface area (Å²) in [6, 6.07) is 13.5. The highest BCUT2D eigenvalue weighted by molar-refractivity contribution is 6.31. The van der Waals surface area contributed by atoms with E-state index in [0.29, 0.717) is 22.5 Å². The van der Waals surface area contributed by atoms with Crippen LogP contribution in [0.3, 0.4) is 0 Å². The largest absolute Gasteiger partial charge is 0.324 e. The summed E-state index contributed by atoms with van der Waals surface area (Å²) in [5.41, 5.74) is 5.05. The van der Waals surface area contributed by atoms with Crippen molar-refractivity contribution in [2.24, 2.45) is 0 Å². The number of nitrogens with zero attached hydrogens (tertiary/aromatic N) is 3. The summed E-state index contributed by atoms with van der Waals surface area (Å²) in [6.07, 6.45) is 3.73. The maximum atomic E-state index is 13.0.